The Labute approximate surface area is 113 Å². The van der Waals surface area contributed by atoms with Gasteiger partial charge >= 0.3 is 0 Å². The van der Waals surface area contributed by atoms with Gasteiger partial charge in [-0.1, -0.05) is 19.8 Å². The molecule has 1 aromatic heterocycles. The van der Waals surface area contributed by atoms with Crippen molar-refractivity contribution in [2.45, 2.75) is 45.6 Å². The Hall–Kier alpha value is -1.69. The van der Waals surface area contributed by atoms with Crippen molar-refractivity contribution in [3.05, 3.63) is 17.5 Å². The Morgan fingerprint density at radius 2 is 2.26 bits per heavy atom. The number of anilines is 1. The number of hydrazine groups is 1. The molecule has 1 aliphatic rings. The topological polar surface area (TPSA) is 92.9 Å². The molecule has 0 saturated heterocycles. The van der Waals surface area contributed by atoms with Crippen LogP contribution in [-0.2, 0) is 0 Å². The molecule has 0 spiro atoms. The van der Waals surface area contributed by atoms with Gasteiger partial charge in [-0.3, -0.25) is 10.2 Å². The minimum absolute atomic E-state index is 0.158. The molecule has 1 atom stereocenters. The van der Waals surface area contributed by atoms with E-state index in [4.69, 9.17) is 5.84 Å². The fourth-order valence-corrected chi connectivity index (χ4v) is 2.09. The number of nitrogen functional groups attached to an aromatic ring is 1. The molecule has 1 unspecified atom stereocenters. The maximum absolute atomic E-state index is 12.2. The molecule has 19 heavy (non-hydrogen) atoms. The predicted molar refractivity (Wildman–Crippen MR) is 73.5 cm³/mol. The number of amides is 1. The van der Waals surface area contributed by atoms with E-state index in [-0.39, 0.29) is 17.9 Å². The molecule has 6 nitrogen and oxygen atoms in total. The van der Waals surface area contributed by atoms with Gasteiger partial charge in [-0.15, -0.1) is 0 Å². The van der Waals surface area contributed by atoms with Gasteiger partial charge in [-0.05, 0) is 31.7 Å². The maximum Gasteiger partial charge on any atom is 0.270 e. The Bertz CT molecular complexity index is 458. The third kappa shape index (κ3) is 3.89. The van der Waals surface area contributed by atoms with Crippen LogP contribution >= 0.6 is 0 Å². The molecular weight excluding hydrogens is 242 g/mol. The highest BCUT2D eigenvalue weighted by Crippen LogP contribution is 2.34. The highest BCUT2D eigenvalue weighted by atomic mass is 16.1. The van der Waals surface area contributed by atoms with Crippen LogP contribution in [0.5, 0.6) is 0 Å². The first-order valence-corrected chi connectivity index (χ1v) is 6.75. The van der Waals surface area contributed by atoms with Gasteiger partial charge in [0.05, 0.1) is 0 Å². The van der Waals surface area contributed by atoms with Crippen LogP contribution in [0.1, 0.15) is 48.8 Å². The fourth-order valence-electron chi connectivity index (χ4n) is 2.09. The molecular formula is C13H21N5O. The summed E-state index contributed by atoms with van der Waals surface area (Å²) in [5.41, 5.74) is 3.44. The van der Waals surface area contributed by atoms with Crippen molar-refractivity contribution in [1.82, 2.24) is 15.3 Å². The van der Waals surface area contributed by atoms with E-state index in [1.165, 1.54) is 12.8 Å². The summed E-state index contributed by atoms with van der Waals surface area (Å²) in [6.45, 7) is 3.90. The summed E-state index contributed by atoms with van der Waals surface area (Å²) in [6, 6.07) is 1.89. The maximum atomic E-state index is 12.2. The van der Waals surface area contributed by atoms with Gasteiger partial charge in [0, 0.05) is 11.7 Å². The van der Waals surface area contributed by atoms with E-state index in [0.717, 1.165) is 18.8 Å². The number of carbonyl (C=O) groups excluding carboxylic acids is 1. The van der Waals surface area contributed by atoms with E-state index >= 15 is 0 Å². The summed E-state index contributed by atoms with van der Waals surface area (Å²) < 4.78 is 0. The monoisotopic (exact) mass is 263 g/mol. The first-order valence-electron chi connectivity index (χ1n) is 6.75. The van der Waals surface area contributed by atoms with Crippen molar-refractivity contribution in [3.63, 3.8) is 0 Å². The van der Waals surface area contributed by atoms with E-state index in [9.17, 15) is 4.79 Å². The summed E-state index contributed by atoms with van der Waals surface area (Å²) in [6.07, 6.45) is 4.59. The number of nitrogens with one attached hydrogen (secondary N) is 2. The number of aromatic nitrogens is 2. The first kappa shape index (κ1) is 13.7. The Morgan fingerprint density at radius 3 is 2.84 bits per heavy atom. The second-order valence-corrected chi connectivity index (χ2v) is 5.12. The zero-order valence-electron chi connectivity index (χ0n) is 11.4. The van der Waals surface area contributed by atoms with Crippen LogP contribution in [0.3, 0.4) is 0 Å². The molecule has 1 heterocycles. The quantitative estimate of drug-likeness (QED) is 0.532. The molecule has 1 aliphatic carbocycles. The van der Waals surface area contributed by atoms with E-state index in [0.29, 0.717) is 11.4 Å². The van der Waals surface area contributed by atoms with Gasteiger partial charge in [0.15, 0.2) is 0 Å². The fraction of sp³-hybridized carbons (Fsp3) is 0.615. The van der Waals surface area contributed by atoms with Crippen LogP contribution in [-0.4, -0.2) is 21.9 Å². The summed E-state index contributed by atoms with van der Waals surface area (Å²) in [4.78, 5) is 20.3. The van der Waals surface area contributed by atoms with Crippen LogP contribution in [0.15, 0.2) is 6.07 Å². The van der Waals surface area contributed by atoms with Crippen molar-refractivity contribution in [3.8, 4) is 0 Å². The molecule has 1 amide bonds. The Morgan fingerprint density at radius 1 is 1.53 bits per heavy atom. The zero-order chi connectivity index (χ0) is 13.8. The van der Waals surface area contributed by atoms with Crippen LogP contribution in [0.2, 0.25) is 0 Å². The lowest BCUT2D eigenvalue weighted by Crippen LogP contribution is -2.35. The number of rotatable bonds is 6. The van der Waals surface area contributed by atoms with Gasteiger partial charge in [-0.25, -0.2) is 15.8 Å². The van der Waals surface area contributed by atoms with E-state index in [1.807, 2.05) is 0 Å². The van der Waals surface area contributed by atoms with Gasteiger partial charge in [0.1, 0.15) is 5.69 Å². The summed E-state index contributed by atoms with van der Waals surface area (Å²) in [7, 11) is 0. The molecule has 0 bridgehead atoms. The van der Waals surface area contributed by atoms with Crippen LogP contribution in [0.4, 0.5) is 5.95 Å². The average Bonchev–Trinajstić information content (AvgIpc) is 3.20. The van der Waals surface area contributed by atoms with Gasteiger partial charge in [-0.2, -0.15) is 0 Å². The molecule has 1 fully saturated rings. The van der Waals surface area contributed by atoms with Gasteiger partial charge in [0.25, 0.3) is 5.91 Å². The van der Waals surface area contributed by atoms with Crippen molar-refractivity contribution in [1.29, 1.82) is 0 Å². The summed E-state index contributed by atoms with van der Waals surface area (Å²) in [5, 5.41) is 3.04. The smallest absolute Gasteiger partial charge is 0.270 e. The molecule has 0 radical (unpaired) electrons. The zero-order valence-corrected chi connectivity index (χ0v) is 11.4. The SMILES string of the molecule is CCC(CC1CC1)NC(=O)c1cc(C)nc(NN)n1. The van der Waals surface area contributed by atoms with Crippen LogP contribution in [0.25, 0.3) is 0 Å². The molecule has 1 aromatic rings. The number of nitrogens with two attached hydrogens (primary N) is 1. The minimum Gasteiger partial charge on any atom is -0.348 e. The van der Waals surface area contributed by atoms with Gasteiger partial charge in [0.2, 0.25) is 5.95 Å². The number of hydrogen-bond donors (Lipinski definition) is 3. The lowest BCUT2D eigenvalue weighted by atomic mass is 10.1. The number of hydrogen-bond acceptors (Lipinski definition) is 5. The third-order valence-corrected chi connectivity index (χ3v) is 3.36. The molecule has 0 aliphatic heterocycles. The van der Waals surface area contributed by atoms with E-state index in [2.05, 4.69) is 27.6 Å². The molecule has 6 heteroatoms. The average molecular weight is 263 g/mol. The lowest BCUT2D eigenvalue weighted by molar-refractivity contribution is 0.0927. The molecule has 0 aromatic carbocycles. The predicted octanol–water partition coefficient (Wildman–Crippen LogP) is 1.38. The van der Waals surface area contributed by atoms with Crippen molar-refractivity contribution in [2.24, 2.45) is 11.8 Å². The molecule has 1 saturated carbocycles. The highest BCUT2D eigenvalue weighted by Gasteiger charge is 2.26. The number of nitrogens with zero attached hydrogens (tertiary/aromatic N) is 2. The molecule has 2 rings (SSSR count). The minimum atomic E-state index is -0.158. The van der Waals surface area contributed by atoms with E-state index in [1.54, 1.807) is 13.0 Å². The number of carbonyl (C=O) groups is 1. The standard InChI is InChI=1S/C13H21N5O/c1-3-10(7-9-4-5-9)16-12(19)11-6-8(2)15-13(17-11)18-14/h6,9-10H,3-5,7,14H2,1-2H3,(H,16,19)(H,15,17,18). The normalized spacial score (nSPS) is 15.9. The van der Waals surface area contributed by atoms with Crippen molar-refractivity contribution < 1.29 is 4.79 Å². The lowest BCUT2D eigenvalue weighted by Gasteiger charge is -2.16. The second kappa shape index (κ2) is 5.97. The van der Waals surface area contributed by atoms with Crippen molar-refractivity contribution in [2.75, 3.05) is 5.43 Å². The summed E-state index contributed by atoms with van der Waals surface area (Å²) >= 11 is 0. The summed E-state index contributed by atoms with van der Waals surface area (Å²) in [5.74, 6) is 6.18. The van der Waals surface area contributed by atoms with Crippen molar-refractivity contribution >= 4 is 11.9 Å². The largest absolute Gasteiger partial charge is 0.348 e. The third-order valence-electron chi connectivity index (χ3n) is 3.36. The first-order chi connectivity index (χ1) is 9.12. The van der Waals surface area contributed by atoms with Crippen LogP contribution < -0.4 is 16.6 Å². The Balaban J connectivity index is 2.03. The van der Waals surface area contributed by atoms with Gasteiger partial charge < -0.3 is 5.32 Å². The molecule has 4 N–H and O–H groups in total. The Kier molecular flexibility index (Phi) is 4.31. The van der Waals surface area contributed by atoms with E-state index < -0.39 is 0 Å². The number of aryl methyl sites for hydroxylation is 1. The molecule has 104 valence electrons. The highest BCUT2D eigenvalue weighted by molar-refractivity contribution is 5.92. The van der Waals surface area contributed by atoms with Crippen LogP contribution in [0, 0.1) is 12.8 Å². The second-order valence-electron chi connectivity index (χ2n) is 5.12.